The third-order valence-corrected chi connectivity index (χ3v) is 16.9. The molecular weight excluding hydrogens is 688 g/mol. The van der Waals surface area contributed by atoms with Gasteiger partial charge in [-0.3, -0.25) is 0 Å². The van der Waals surface area contributed by atoms with Crippen LogP contribution in [0.15, 0.2) is 0 Å². The molecule has 5 saturated carbocycles. The first kappa shape index (κ1) is 40.7. The molecule has 2 heterocycles. The maximum Gasteiger partial charge on any atom is 0.186 e. The monoisotopic (exact) mass is 756 g/mol. The Balaban J connectivity index is 1.09. The van der Waals surface area contributed by atoms with Gasteiger partial charge in [0, 0.05) is 0 Å². The lowest BCUT2D eigenvalue weighted by Gasteiger charge is -2.64. The van der Waals surface area contributed by atoms with E-state index in [9.17, 15) is 46.0 Å². The minimum Gasteiger partial charge on any atom is -0.393 e. The van der Waals surface area contributed by atoms with E-state index in [4.69, 9.17) is 18.9 Å². The molecule has 7 fully saturated rings. The average molecular weight is 757 g/mol. The normalized spacial score (nSPS) is 54.6. The highest BCUT2D eigenvalue weighted by Gasteiger charge is 2.84. The van der Waals surface area contributed by atoms with E-state index < -0.39 is 84.6 Å². The number of hydrogen-bond acceptors (Lipinski definition) is 13. The van der Waals surface area contributed by atoms with Crippen molar-refractivity contribution >= 4 is 0 Å². The van der Waals surface area contributed by atoms with Crippen molar-refractivity contribution in [1.29, 1.82) is 0 Å². The van der Waals surface area contributed by atoms with Gasteiger partial charge in [-0.25, -0.2) is 0 Å². The van der Waals surface area contributed by atoms with Gasteiger partial charge in [0.1, 0.15) is 36.6 Å². The minimum atomic E-state index is -1.60. The van der Waals surface area contributed by atoms with E-state index >= 15 is 0 Å². The molecule has 0 bridgehead atoms. The fourth-order valence-electron chi connectivity index (χ4n) is 13.9. The summed E-state index contributed by atoms with van der Waals surface area (Å²) in [5.41, 5.74) is -2.05. The first-order chi connectivity index (χ1) is 24.6. The second-order valence-electron chi connectivity index (χ2n) is 20.3. The Bertz CT molecular complexity index is 1340. The Morgan fingerprint density at radius 3 is 2.04 bits per heavy atom. The molecule has 7 rings (SSSR count). The van der Waals surface area contributed by atoms with Crippen molar-refractivity contribution in [1.82, 2.24) is 0 Å². The topological polar surface area (TPSA) is 219 Å². The van der Waals surface area contributed by atoms with Gasteiger partial charge in [-0.1, -0.05) is 34.6 Å². The van der Waals surface area contributed by atoms with Crippen LogP contribution in [0, 0.1) is 50.7 Å². The first-order valence-electron chi connectivity index (χ1n) is 20.3. The van der Waals surface area contributed by atoms with Crippen LogP contribution in [0.25, 0.3) is 0 Å². The zero-order chi connectivity index (χ0) is 38.8. The molecule has 2 spiro atoms. The molecule has 9 N–H and O–H groups in total. The quantitative estimate of drug-likeness (QED) is 0.151. The summed E-state index contributed by atoms with van der Waals surface area (Å²) in [5.74, 6) is 0.384. The summed E-state index contributed by atoms with van der Waals surface area (Å²) >= 11 is 0. The third-order valence-electron chi connectivity index (χ3n) is 16.9. The van der Waals surface area contributed by atoms with Crippen LogP contribution in [0.2, 0.25) is 0 Å². The molecule has 7 aliphatic rings. The fraction of sp³-hybridized carbons (Fsp3) is 1.00. The summed E-state index contributed by atoms with van der Waals surface area (Å²) in [6.45, 7) is 14.0. The second-order valence-corrected chi connectivity index (χ2v) is 20.3. The SMILES string of the molecule is C[C@H](CC[C@@H](O)C(C)(C)O)[C@@H]1[C@H](O)C[C@@]2(C)[C@@H]3C[C@H](O)[C@@H]4C(C)(C)[C@@H](O[C@@H]5OC[C@@H](O)[C@H](O)[C@@H]5O[C@@H]5OC[C@H](O)[C@H](O)[C@@H]5O)CC[C@@]45C[C@@]35CC[C@@]12C. The molecule has 53 heavy (non-hydrogen) atoms. The van der Waals surface area contributed by atoms with Gasteiger partial charge in [-0.05, 0) is 122 Å². The predicted molar refractivity (Wildman–Crippen MR) is 190 cm³/mol. The molecule has 2 saturated heterocycles. The molecule has 20 atom stereocenters. The van der Waals surface area contributed by atoms with Crippen molar-refractivity contribution in [2.45, 2.75) is 185 Å². The average Bonchev–Trinajstić information content (AvgIpc) is 3.66. The van der Waals surface area contributed by atoms with Crippen molar-refractivity contribution in [2.24, 2.45) is 50.7 Å². The molecule has 0 unspecified atom stereocenters. The smallest absolute Gasteiger partial charge is 0.186 e. The number of fused-ring (bicyclic) bond motifs is 2. The van der Waals surface area contributed by atoms with E-state index in [0.29, 0.717) is 32.1 Å². The summed E-state index contributed by atoms with van der Waals surface area (Å²) in [4.78, 5) is 0. The Morgan fingerprint density at radius 2 is 1.38 bits per heavy atom. The molecule has 13 nitrogen and oxygen atoms in total. The van der Waals surface area contributed by atoms with Gasteiger partial charge in [0.25, 0.3) is 0 Å². The highest BCUT2D eigenvalue weighted by molar-refractivity contribution is 5.32. The Labute approximate surface area is 314 Å². The van der Waals surface area contributed by atoms with Crippen molar-refractivity contribution in [3.63, 3.8) is 0 Å². The lowest BCUT2D eigenvalue weighted by Crippen LogP contribution is -2.63. The maximum atomic E-state index is 12.3. The van der Waals surface area contributed by atoms with Crippen molar-refractivity contribution in [2.75, 3.05) is 13.2 Å². The largest absolute Gasteiger partial charge is 0.393 e. The Hall–Kier alpha value is -0.520. The number of rotatable bonds is 9. The summed E-state index contributed by atoms with van der Waals surface area (Å²) in [6.07, 6.45) is -6.14. The summed E-state index contributed by atoms with van der Waals surface area (Å²) < 4.78 is 24.0. The molecule has 5 aliphatic carbocycles. The van der Waals surface area contributed by atoms with E-state index in [1.807, 2.05) is 0 Å². The number of ether oxygens (including phenoxy) is 4. The highest BCUT2D eigenvalue weighted by atomic mass is 16.7. The number of hydrogen-bond donors (Lipinski definition) is 9. The van der Waals surface area contributed by atoms with E-state index in [1.54, 1.807) is 13.8 Å². The fourth-order valence-corrected chi connectivity index (χ4v) is 13.9. The lowest BCUT2D eigenvalue weighted by molar-refractivity contribution is -0.356. The predicted octanol–water partition coefficient (Wildman–Crippen LogP) is 1.20. The van der Waals surface area contributed by atoms with Gasteiger partial charge in [0.05, 0.1) is 43.2 Å². The van der Waals surface area contributed by atoms with E-state index in [0.717, 1.165) is 25.7 Å². The van der Waals surface area contributed by atoms with Crippen LogP contribution in [0.5, 0.6) is 0 Å². The van der Waals surface area contributed by atoms with Gasteiger partial charge in [-0.15, -0.1) is 0 Å². The van der Waals surface area contributed by atoms with Crippen LogP contribution in [0.4, 0.5) is 0 Å². The van der Waals surface area contributed by atoms with Gasteiger partial charge in [0.2, 0.25) is 0 Å². The van der Waals surface area contributed by atoms with Crippen LogP contribution < -0.4 is 0 Å². The zero-order valence-electron chi connectivity index (χ0n) is 32.7. The zero-order valence-corrected chi connectivity index (χ0v) is 32.7. The summed E-state index contributed by atoms with van der Waals surface area (Å²) in [6, 6.07) is 0. The van der Waals surface area contributed by atoms with Crippen LogP contribution in [-0.2, 0) is 18.9 Å². The number of aliphatic hydroxyl groups excluding tert-OH is 8. The van der Waals surface area contributed by atoms with Gasteiger partial charge in [-0.2, -0.15) is 0 Å². The van der Waals surface area contributed by atoms with Gasteiger partial charge < -0.3 is 64.9 Å². The molecule has 0 amide bonds. The Kier molecular flexibility index (Phi) is 10.4. The molecule has 0 aromatic heterocycles. The molecule has 0 aromatic carbocycles. The van der Waals surface area contributed by atoms with Crippen molar-refractivity contribution < 1.29 is 64.9 Å². The van der Waals surface area contributed by atoms with E-state index in [-0.39, 0.29) is 58.5 Å². The van der Waals surface area contributed by atoms with Crippen LogP contribution in [0.3, 0.4) is 0 Å². The molecule has 0 radical (unpaired) electrons. The number of aliphatic hydroxyl groups is 9. The van der Waals surface area contributed by atoms with E-state index in [2.05, 4.69) is 34.6 Å². The second kappa shape index (κ2) is 13.5. The third kappa shape index (κ3) is 6.04. The summed E-state index contributed by atoms with van der Waals surface area (Å²) in [5, 5.41) is 97.2. The minimum absolute atomic E-state index is 0.0511. The van der Waals surface area contributed by atoms with Crippen molar-refractivity contribution in [3.8, 4) is 0 Å². The van der Waals surface area contributed by atoms with Crippen molar-refractivity contribution in [3.05, 3.63) is 0 Å². The molecule has 0 aromatic rings. The Morgan fingerprint density at radius 1 is 0.736 bits per heavy atom. The van der Waals surface area contributed by atoms with Crippen LogP contribution in [-0.4, -0.2) is 138 Å². The highest BCUT2D eigenvalue weighted by Crippen LogP contribution is 2.89. The lowest BCUT2D eigenvalue weighted by atomic mass is 9.41. The first-order valence-corrected chi connectivity index (χ1v) is 20.3. The van der Waals surface area contributed by atoms with Crippen LogP contribution in [0.1, 0.15) is 106 Å². The molecular formula is C40H68O13. The van der Waals surface area contributed by atoms with Gasteiger partial charge >= 0.3 is 0 Å². The van der Waals surface area contributed by atoms with Gasteiger partial charge in [0.15, 0.2) is 12.6 Å². The molecule has 306 valence electrons. The van der Waals surface area contributed by atoms with Crippen LogP contribution >= 0.6 is 0 Å². The molecule has 2 aliphatic heterocycles. The molecule has 13 heteroatoms. The standard InChI is InChI=1S/C40H68O13/c1-19(8-9-25(45)36(4,5)49)27-21(42)15-38(7)24-14-20(41)32-35(2,3)26(10-11-40(32)18-39(24,40)13-12-37(27,38)6)52-34-31(29(47)23(44)17-51-34)53-33-30(48)28(46)22(43)16-50-33/h19-34,41-49H,8-18H2,1-7H3/t19-,20+,21-,22+,23-,24+,25-,26+,27-,28+,29+,30+,31+,32-,33+,34+,37+,38+,39+,40-/m1/s1. The maximum absolute atomic E-state index is 12.3. The summed E-state index contributed by atoms with van der Waals surface area (Å²) in [7, 11) is 0. The van der Waals surface area contributed by atoms with E-state index in [1.165, 1.54) is 0 Å².